The summed E-state index contributed by atoms with van der Waals surface area (Å²) < 4.78 is 13.6. The Balaban J connectivity index is 0.00000300. The highest BCUT2D eigenvalue weighted by Gasteiger charge is 2.23. The van der Waals surface area contributed by atoms with Crippen molar-refractivity contribution in [3.8, 4) is 0 Å². The van der Waals surface area contributed by atoms with Gasteiger partial charge in [-0.15, -0.1) is 24.0 Å². The third-order valence-corrected chi connectivity index (χ3v) is 5.50. The van der Waals surface area contributed by atoms with Gasteiger partial charge >= 0.3 is 0 Å². The smallest absolute Gasteiger partial charge is 0.243 e. The van der Waals surface area contributed by atoms with Crippen LogP contribution in [0.2, 0.25) is 0 Å². The molecule has 1 aliphatic carbocycles. The van der Waals surface area contributed by atoms with Crippen LogP contribution in [-0.4, -0.2) is 62.6 Å². The molecular formula is C21H33FIN5O. The molecule has 1 amide bonds. The van der Waals surface area contributed by atoms with Gasteiger partial charge in [0.15, 0.2) is 5.96 Å². The van der Waals surface area contributed by atoms with Crippen molar-refractivity contribution in [2.45, 2.75) is 50.6 Å². The third kappa shape index (κ3) is 7.31. The van der Waals surface area contributed by atoms with E-state index in [1.54, 1.807) is 31.1 Å². The number of carbonyl (C=O) groups is 1. The second-order valence-electron chi connectivity index (χ2n) is 7.99. The summed E-state index contributed by atoms with van der Waals surface area (Å²) in [5.74, 6) is 0.491. The Hall–Kier alpha value is -1.58. The monoisotopic (exact) mass is 517 g/mol. The van der Waals surface area contributed by atoms with Crippen LogP contribution in [0, 0.1) is 5.82 Å². The number of carbonyl (C=O) groups excluding carboxylic acids is 1. The predicted molar refractivity (Wildman–Crippen MR) is 127 cm³/mol. The molecule has 0 radical (unpaired) electrons. The van der Waals surface area contributed by atoms with Crippen LogP contribution < -0.4 is 15.5 Å². The molecular weight excluding hydrogens is 484 g/mol. The van der Waals surface area contributed by atoms with Crippen molar-refractivity contribution < 1.29 is 9.18 Å². The Morgan fingerprint density at radius 1 is 1.17 bits per heavy atom. The standard InChI is InChI=1S/C21H32FN5O.HI/c1-26(2)20(28)14-23-21(24-17-8-3-4-9-17)25-18-10-6-12-27(15-18)19-11-5-7-16(22)13-19;/h5,7,11,13,17-18H,3-4,6,8-10,12,14-15H2,1-2H3,(H2,23,24,25);1H. The first-order valence-corrected chi connectivity index (χ1v) is 10.3. The van der Waals surface area contributed by atoms with Crippen LogP contribution in [-0.2, 0) is 4.79 Å². The number of hydrogen-bond donors (Lipinski definition) is 2. The summed E-state index contributed by atoms with van der Waals surface area (Å²) in [4.78, 5) is 20.3. The molecule has 1 atom stereocenters. The summed E-state index contributed by atoms with van der Waals surface area (Å²) in [6.07, 6.45) is 6.81. The number of anilines is 1. The summed E-state index contributed by atoms with van der Waals surface area (Å²) >= 11 is 0. The molecule has 1 aliphatic heterocycles. The van der Waals surface area contributed by atoms with Crippen molar-refractivity contribution in [3.05, 3.63) is 30.1 Å². The molecule has 0 bridgehead atoms. The molecule has 162 valence electrons. The van der Waals surface area contributed by atoms with Crippen LogP contribution in [0.25, 0.3) is 0 Å². The van der Waals surface area contributed by atoms with E-state index < -0.39 is 0 Å². The highest BCUT2D eigenvalue weighted by molar-refractivity contribution is 14.0. The van der Waals surface area contributed by atoms with Gasteiger partial charge in [-0.25, -0.2) is 9.38 Å². The lowest BCUT2D eigenvalue weighted by Crippen LogP contribution is -2.53. The fourth-order valence-corrected chi connectivity index (χ4v) is 3.88. The second-order valence-corrected chi connectivity index (χ2v) is 7.99. The maximum atomic E-state index is 13.6. The maximum absolute atomic E-state index is 13.6. The summed E-state index contributed by atoms with van der Waals surface area (Å²) in [6, 6.07) is 7.39. The number of nitrogens with zero attached hydrogens (tertiary/aromatic N) is 3. The lowest BCUT2D eigenvalue weighted by Gasteiger charge is -2.35. The first-order chi connectivity index (χ1) is 13.5. The van der Waals surface area contributed by atoms with Crippen molar-refractivity contribution in [3.63, 3.8) is 0 Å². The maximum Gasteiger partial charge on any atom is 0.243 e. The molecule has 3 rings (SSSR count). The van der Waals surface area contributed by atoms with Gasteiger partial charge in [-0.3, -0.25) is 4.79 Å². The lowest BCUT2D eigenvalue weighted by atomic mass is 10.0. The van der Waals surface area contributed by atoms with E-state index in [9.17, 15) is 9.18 Å². The normalized spacial score (nSPS) is 20.2. The van der Waals surface area contributed by atoms with Gasteiger partial charge in [0, 0.05) is 45.0 Å². The number of hydrogen-bond acceptors (Lipinski definition) is 3. The molecule has 1 saturated carbocycles. The molecule has 2 fully saturated rings. The molecule has 0 spiro atoms. The number of aliphatic imine (C=N–C) groups is 1. The molecule has 0 aromatic heterocycles. The van der Waals surface area contributed by atoms with Crippen LogP contribution in [0.1, 0.15) is 38.5 Å². The number of likely N-dealkylation sites (N-methyl/N-ethyl adjacent to an activating group) is 1. The molecule has 6 nitrogen and oxygen atoms in total. The number of guanidine groups is 1. The zero-order valence-corrected chi connectivity index (χ0v) is 19.7. The fourth-order valence-electron chi connectivity index (χ4n) is 3.88. The summed E-state index contributed by atoms with van der Waals surface area (Å²) in [7, 11) is 3.49. The average molecular weight is 517 g/mol. The second kappa shape index (κ2) is 11.6. The van der Waals surface area contributed by atoms with Crippen LogP contribution >= 0.6 is 24.0 Å². The van der Waals surface area contributed by atoms with E-state index in [4.69, 9.17) is 0 Å². The lowest BCUT2D eigenvalue weighted by molar-refractivity contribution is -0.127. The van der Waals surface area contributed by atoms with Crippen molar-refractivity contribution in [1.29, 1.82) is 0 Å². The molecule has 1 unspecified atom stereocenters. The van der Waals surface area contributed by atoms with E-state index in [1.165, 1.54) is 18.9 Å². The zero-order chi connectivity index (χ0) is 19.9. The van der Waals surface area contributed by atoms with Gasteiger partial charge in [0.1, 0.15) is 12.4 Å². The van der Waals surface area contributed by atoms with E-state index >= 15 is 0 Å². The minimum absolute atomic E-state index is 0. The number of benzene rings is 1. The van der Waals surface area contributed by atoms with Gasteiger partial charge in [0.2, 0.25) is 5.91 Å². The molecule has 2 aliphatic rings. The van der Waals surface area contributed by atoms with E-state index in [-0.39, 0.29) is 48.3 Å². The topological polar surface area (TPSA) is 60.0 Å². The quantitative estimate of drug-likeness (QED) is 0.359. The molecule has 8 heteroatoms. The van der Waals surface area contributed by atoms with Crippen molar-refractivity contribution >= 4 is 41.5 Å². The highest BCUT2D eigenvalue weighted by atomic mass is 127. The number of nitrogens with one attached hydrogen (secondary N) is 2. The molecule has 1 aromatic carbocycles. The predicted octanol–water partition coefficient (Wildman–Crippen LogP) is 2.98. The first-order valence-electron chi connectivity index (χ1n) is 10.3. The van der Waals surface area contributed by atoms with Crippen LogP contribution in [0.3, 0.4) is 0 Å². The van der Waals surface area contributed by atoms with E-state index in [0.717, 1.165) is 44.5 Å². The van der Waals surface area contributed by atoms with Gasteiger partial charge in [0.05, 0.1) is 0 Å². The Kier molecular flexibility index (Phi) is 9.45. The van der Waals surface area contributed by atoms with Crippen molar-refractivity contribution in [2.24, 2.45) is 4.99 Å². The minimum Gasteiger partial charge on any atom is -0.369 e. The highest BCUT2D eigenvalue weighted by Crippen LogP contribution is 2.21. The van der Waals surface area contributed by atoms with Crippen LogP contribution in [0.4, 0.5) is 10.1 Å². The Morgan fingerprint density at radius 3 is 2.55 bits per heavy atom. The molecule has 1 aromatic rings. The third-order valence-electron chi connectivity index (χ3n) is 5.50. The molecule has 2 N–H and O–H groups in total. The average Bonchev–Trinajstić information content (AvgIpc) is 3.19. The van der Waals surface area contributed by atoms with Crippen LogP contribution in [0.15, 0.2) is 29.3 Å². The largest absolute Gasteiger partial charge is 0.369 e. The Morgan fingerprint density at radius 2 is 1.86 bits per heavy atom. The van der Waals surface area contributed by atoms with Crippen LogP contribution in [0.5, 0.6) is 0 Å². The number of rotatable bonds is 5. The van der Waals surface area contributed by atoms with Gasteiger partial charge in [0.25, 0.3) is 0 Å². The van der Waals surface area contributed by atoms with Gasteiger partial charge in [-0.2, -0.15) is 0 Å². The summed E-state index contributed by atoms with van der Waals surface area (Å²) in [5, 5.41) is 7.04. The summed E-state index contributed by atoms with van der Waals surface area (Å²) in [6.45, 7) is 1.84. The van der Waals surface area contributed by atoms with E-state index in [1.807, 2.05) is 6.07 Å². The SMILES string of the molecule is CN(C)C(=O)CN=C(NC1CCCC1)NC1CCCN(c2cccc(F)c2)C1.I. The van der Waals surface area contributed by atoms with Gasteiger partial charge in [-0.1, -0.05) is 18.9 Å². The van der Waals surface area contributed by atoms with Crippen molar-refractivity contribution in [2.75, 3.05) is 38.6 Å². The molecule has 1 heterocycles. The first kappa shape index (κ1) is 23.7. The van der Waals surface area contributed by atoms with Crippen molar-refractivity contribution in [1.82, 2.24) is 15.5 Å². The summed E-state index contributed by atoms with van der Waals surface area (Å²) in [5.41, 5.74) is 0.913. The number of halogens is 2. The Bertz CT molecular complexity index is 693. The van der Waals surface area contributed by atoms with Gasteiger partial charge in [-0.05, 0) is 43.9 Å². The minimum atomic E-state index is -0.208. The van der Waals surface area contributed by atoms with E-state index in [2.05, 4.69) is 20.5 Å². The molecule has 29 heavy (non-hydrogen) atoms. The number of amides is 1. The molecule has 1 saturated heterocycles. The fraction of sp³-hybridized carbons (Fsp3) is 0.619. The zero-order valence-electron chi connectivity index (χ0n) is 17.4. The van der Waals surface area contributed by atoms with Gasteiger partial charge < -0.3 is 20.4 Å². The number of piperidine rings is 1. The van der Waals surface area contributed by atoms with E-state index in [0.29, 0.717) is 12.0 Å². The Labute approximate surface area is 190 Å².